The second-order valence-corrected chi connectivity index (χ2v) is 3.31. The van der Waals surface area contributed by atoms with E-state index in [2.05, 4.69) is 5.32 Å². The van der Waals surface area contributed by atoms with E-state index in [-0.39, 0.29) is 6.67 Å². The summed E-state index contributed by atoms with van der Waals surface area (Å²) in [5.74, 6) is 0.843. The van der Waals surface area contributed by atoms with Crippen molar-refractivity contribution in [3.05, 3.63) is 0 Å². The SMILES string of the molecule is FCCCNCCOCC1CC1. The van der Waals surface area contributed by atoms with Crippen molar-refractivity contribution in [2.75, 3.05) is 33.0 Å². The Bertz CT molecular complexity index is 107. The van der Waals surface area contributed by atoms with Gasteiger partial charge in [-0.2, -0.15) is 0 Å². The van der Waals surface area contributed by atoms with Crippen LogP contribution in [0.5, 0.6) is 0 Å². The van der Waals surface area contributed by atoms with E-state index >= 15 is 0 Å². The van der Waals surface area contributed by atoms with E-state index < -0.39 is 0 Å². The maximum absolute atomic E-state index is 11.6. The van der Waals surface area contributed by atoms with E-state index in [1.165, 1.54) is 12.8 Å². The van der Waals surface area contributed by atoms with Crippen LogP contribution in [0.25, 0.3) is 0 Å². The van der Waals surface area contributed by atoms with E-state index in [1.54, 1.807) is 0 Å². The molecule has 0 aromatic carbocycles. The lowest BCUT2D eigenvalue weighted by Gasteiger charge is -2.03. The Balaban J connectivity index is 1.65. The van der Waals surface area contributed by atoms with E-state index in [1.807, 2.05) is 0 Å². The predicted molar refractivity (Wildman–Crippen MR) is 47.0 cm³/mol. The number of halogens is 1. The smallest absolute Gasteiger partial charge is 0.0906 e. The van der Waals surface area contributed by atoms with Crippen LogP contribution in [-0.4, -0.2) is 33.0 Å². The fourth-order valence-electron chi connectivity index (χ4n) is 0.996. The lowest BCUT2D eigenvalue weighted by Crippen LogP contribution is -2.21. The van der Waals surface area contributed by atoms with Crippen LogP contribution in [0.2, 0.25) is 0 Å². The van der Waals surface area contributed by atoms with Crippen LogP contribution in [0.3, 0.4) is 0 Å². The van der Waals surface area contributed by atoms with E-state index in [0.717, 1.165) is 32.2 Å². The molecule has 0 bridgehead atoms. The molecule has 0 aromatic rings. The maximum Gasteiger partial charge on any atom is 0.0906 e. The summed E-state index contributed by atoms with van der Waals surface area (Å²) in [6, 6.07) is 0. The number of alkyl halides is 1. The zero-order valence-corrected chi connectivity index (χ0v) is 7.52. The highest BCUT2D eigenvalue weighted by atomic mass is 19.1. The highest BCUT2D eigenvalue weighted by Gasteiger charge is 2.20. The standard InChI is InChI=1S/C9H18FNO/c10-4-1-5-11-6-7-12-8-9-2-3-9/h9,11H,1-8H2. The van der Waals surface area contributed by atoms with Crippen LogP contribution < -0.4 is 5.32 Å². The molecule has 0 amide bonds. The fraction of sp³-hybridized carbons (Fsp3) is 1.00. The van der Waals surface area contributed by atoms with Crippen molar-refractivity contribution in [3.8, 4) is 0 Å². The topological polar surface area (TPSA) is 21.3 Å². The number of rotatable bonds is 8. The molecule has 0 aromatic heterocycles. The molecule has 2 nitrogen and oxygen atoms in total. The molecule has 1 saturated carbocycles. The van der Waals surface area contributed by atoms with Crippen LogP contribution >= 0.6 is 0 Å². The van der Waals surface area contributed by atoms with Crippen LogP contribution in [0.15, 0.2) is 0 Å². The first-order valence-electron chi connectivity index (χ1n) is 4.78. The van der Waals surface area contributed by atoms with Gasteiger partial charge in [-0.15, -0.1) is 0 Å². The van der Waals surface area contributed by atoms with Crippen LogP contribution in [0.4, 0.5) is 4.39 Å². The van der Waals surface area contributed by atoms with Crippen molar-refractivity contribution < 1.29 is 9.13 Å². The summed E-state index contributed by atoms with van der Waals surface area (Å²) in [6.07, 6.45) is 3.30. The van der Waals surface area contributed by atoms with Gasteiger partial charge in [0.2, 0.25) is 0 Å². The molecular formula is C9H18FNO. The molecule has 0 atom stereocenters. The van der Waals surface area contributed by atoms with Gasteiger partial charge < -0.3 is 10.1 Å². The third-order valence-electron chi connectivity index (χ3n) is 1.96. The van der Waals surface area contributed by atoms with E-state index in [9.17, 15) is 4.39 Å². The van der Waals surface area contributed by atoms with Gasteiger partial charge in [0.05, 0.1) is 13.3 Å². The molecule has 3 heteroatoms. The quantitative estimate of drug-likeness (QED) is 0.562. The number of ether oxygens (including phenoxy) is 1. The highest BCUT2D eigenvalue weighted by Crippen LogP contribution is 2.28. The molecule has 0 aliphatic heterocycles. The normalized spacial score (nSPS) is 16.8. The van der Waals surface area contributed by atoms with Gasteiger partial charge in [-0.25, -0.2) is 0 Å². The average Bonchev–Trinajstić information content (AvgIpc) is 2.87. The third-order valence-corrected chi connectivity index (χ3v) is 1.96. The lowest BCUT2D eigenvalue weighted by molar-refractivity contribution is 0.126. The van der Waals surface area contributed by atoms with Gasteiger partial charge in [0, 0.05) is 13.2 Å². The summed E-state index contributed by atoms with van der Waals surface area (Å²) >= 11 is 0. The Morgan fingerprint density at radius 2 is 2.17 bits per heavy atom. The van der Waals surface area contributed by atoms with Crippen LogP contribution in [0.1, 0.15) is 19.3 Å². The van der Waals surface area contributed by atoms with Gasteiger partial charge in [0.1, 0.15) is 0 Å². The first-order valence-corrected chi connectivity index (χ1v) is 4.78. The van der Waals surface area contributed by atoms with E-state index in [0.29, 0.717) is 6.42 Å². The van der Waals surface area contributed by atoms with Gasteiger partial charge >= 0.3 is 0 Å². The maximum atomic E-state index is 11.6. The van der Waals surface area contributed by atoms with Gasteiger partial charge in [0.25, 0.3) is 0 Å². The van der Waals surface area contributed by atoms with Crippen LogP contribution in [-0.2, 0) is 4.74 Å². The number of nitrogens with one attached hydrogen (secondary N) is 1. The van der Waals surface area contributed by atoms with Gasteiger partial charge in [0.15, 0.2) is 0 Å². The van der Waals surface area contributed by atoms with Gasteiger partial charge in [-0.1, -0.05) is 0 Å². The molecule has 0 radical (unpaired) electrons. The molecule has 0 spiro atoms. The molecule has 12 heavy (non-hydrogen) atoms. The molecule has 1 aliphatic carbocycles. The minimum absolute atomic E-state index is 0.226. The molecule has 0 heterocycles. The summed E-state index contributed by atoms with van der Waals surface area (Å²) in [4.78, 5) is 0. The summed E-state index contributed by atoms with van der Waals surface area (Å²) < 4.78 is 17.0. The minimum atomic E-state index is -0.226. The van der Waals surface area contributed by atoms with Crippen molar-refractivity contribution in [3.63, 3.8) is 0 Å². The van der Waals surface area contributed by atoms with E-state index in [4.69, 9.17) is 4.74 Å². The third kappa shape index (κ3) is 5.49. The van der Waals surface area contributed by atoms with Crippen molar-refractivity contribution in [2.45, 2.75) is 19.3 Å². The Kier molecular flexibility index (Phi) is 5.28. The Labute approximate surface area is 73.5 Å². The summed E-state index contributed by atoms with van der Waals surface area (Å²) in [7, 11) is 0. The second kappa shape index (κ2) is 6.38. The zero-order valence-electron chi connectivity index (χ0n) is 7.52. The Morgan fingerprint density at radius 3 is 2.83 bits per heavy atom. The summed E-state index contributed by atoms with van der Waals surface area (Å²) in [5, 5.41) is 3.12. The largest absolute Gasteiger partial charge is 0.380 e. The monoisotopic (exact) mass is 175 g/mol. The summed E-state index contributed by atoms with van der Waals surface area (Å²) in [6.45, 7) is 3.08. The van der Waals surface area contributed by atoms with Crippen molar-refractivity contribution in [1.82, 2.24) is 5.32 Å². The van der Waals surface area contributed by atoms with Crippen molar-refractivity contribution in [1.29, 1.82) is 0 Å². The molecule has 0 saturated heterocycles. The number of hydrogen-bond donors (Lipinski definition) is 1. The molecule has 1 N–H and O–H groups in total. The minimum Gasteiger partial charge on any atom is -0.380 e. The Morgan fingerprint density at radius 1 is 1.33 bits per heavy atom. The highest BCUT2D eigenvalue weighted by molar-refractivity contribution is 4.71. The molecule has 1 fully saturated rings. The molecular weight excluding hydrogens is 157 g/mol. The molecule has 0 unspecified atom stereocenters. The zero-order chi connectivity index (χ0) is 8.65. The molecule has 72 valence electrons. The first kappa shape index (κ1) is 9.93. The fourth-order valence-corrected chi connectivity index (χ4v) is 0.996. The average molecular weight is 175 g/mol. The van der Waals surface area contributed by atoms with Crippen molar-refractivity contribution in [2.24, 2.45) is 5.92 Å². The number of hydrogen-bond acceptors (Lipinski definition) is 2. The second-order valence-electron chi connectivity index (χ2n) is 3.31. The summed E-state index contributed by atoms with van der Waals surface area (Å²) in [5.41, 5.74) is 0. The molecule has 1 rings (SSSR count). The van der Waals surface area contributed by atoms with Crippen LogP contribution in [0, 0.1) is 5.92 Å². The predicted octanol–water partition coefficient (Wildman–Crippen LogP) is 1.36. The lowest BCUT2D eigenvalue weighted by atomic mass is 10.4. The Hall–Kier alpha value is -0.150. The molecule has 1 aliphatic rings. The van der Waals surface area contributed by atoms with Gasteiger partial charge in [-0.3, -0.25) is 4.39 Å². The van der Waals surface area contributed by atoms with Crippen molar-refractivity contribution >= 4 is 0 Å². The first-order chi connectivity index (χ1) is 5.93. The van der Waals surface area contributed by atoms with Gasteiger partial charge in [-0.05, 0) is 31.7 Å².